The lowest BCUT2D eigenvalue weighted by Crippen LogP contribution is -2.23. The van der Waals surface area contributed by atoms with Gasteiger partial charge in [-0.2, -0.15) is 0 Å². The van der Waals surface area contributed by atoms with Crippen LogP contribution in [0.5, 0.6) is 0 Å². The Hall–Kier alpha value is -0.610. The molecule has 1 aliphatic carbocycles. The van der Waals surface area contributed by atoms with Crippen molar-refractivity contribution in [1.29, 1.82) is 0 Å². The summed E-state index contributed by atoms with van der Waals surface area (Å²) in [6.45, 7) is 2.27. The largest absolute Gasteiger partial charge is 0.316 e. The van der Waals surface area contributed by atoms with E-state index >= 15 is 0 Å². The molecule has 0 aliphatic heterocycles. The maximum absolute atomic E-state index is 4.18. The zero-order valence-electron chi connectivity index (χ0n) is 9.56. The molecular formula is C12H19N3S. The fourth-order valence-electron chi connectivity index (χ4n) is 2.11. The lowest BCUT2D eigenvalue weighted by molar-refractivity contribution is 0.500. The van der Waals surface area contributed by atoms with Crippen molar-refractivity contribution in [3.8, 4) is 0 Å². The number of rotatable bonds is 6. The summed E-state index contributed by atoms with van der Waals surface area (Å²) in [7, 11) is 0. The first-order valence-electron chi connectivity index (χ1n) is 6.04. The van der Waals surface area contributed by atoms with Crippen molar-refractivity contribution >= 4 is 11.8 Å². The van der Waals surface area contributed by atoms with Crippen LogP contribution in [-0.2, 0) is 0 Å². The summed E-state index contributed by atoms with van der Waals surface area (Å²) < 4.78 is 0. The van der Waals surface area contributed by atoms with Gasteiger partial charge in [-0.1, -0.05) is 12.8 Å². The van der Waals surface area contributed by atoms with Crippen LogP contribution in [-0.4, -0.2) is 28.8 Å². The molecule has 4 heteroatoms. The van der Waals surface area contributed by atoms with Crippen LogP contribution in [0.2, 0.25) is 0 Å². The molecule has 1 aromatic heterocycles. The molecule has 3 nitrogen and oxygen atoms in total. The average molecular weight is 237 g/mol. The van der Waals surface area contributed by atoms with Crippen molar-refractivity contribution < 1.29 is 0 Å². The molecule has 88 valence electrons. The van der Waals surface area contributed by atoms with Crippen molar-refractivity contribution in [2.45, 2.75) is 30.7 Å². The first-order chi connectivity index (χ1) is 7.95. The first kappa shape index (κ1) is 11.9. The molecule has 1 saturated carbocycles. The van der Waals surface area contributed by atoms with E-state index in [1.807, 2.05) is 6.07 Å². The summed E-state index contributed by atoms with van der Waals surface area (Å²) in [6.07, 6.45) is 9.11. The minimum Gasteiger partial charge on any atom is -0.316 e. The van der Waals surface area contributed by atoms with Gasteiger partial charge >= 0.3 is 0 Å². The van der Waals surface area contributed by atoms with Gasteiger partial charge in [-0.25, -0.2) is 9.97 Å². The normalized spacial score (nSPS) is 16.8. The third-order valence-electron chi connectivity index (χ3n) is 2.99. The Morgan fingerprint density at radius 2 is 2.25 bits per heavy atom. The van der Waals surface area contributed by atoms with Crippen LogP contribution in [0.4, 0.5) is 0 Å². The summed E-state index contributed by atoms with van der Waals surface area (Å²) in [6, 6.07) is 1.96. The van der Waals surface area contributed by atoms with Gasteiger partial charge in [0.2, 0.25) is 0 Å². The van der Waals surface area contributed by atoms with Crippen molar-refractivity contribution in [2.75, 3.05) is 18.8 Å². The molecule has 16 heavy (non-hydrogen) atoms. The maximum atomic E-state index is 4.18. The molecular weight excluding hydrogens is 218 g/mol. The van der Waals surface area contributed by atoms with E-state index in [0.29, 0.717) is 0 Å². The fraction of sp³-hybridized carbons (Fsp3) is 0.667. The Bertz CT molecular complexity index is 286. The highest BCUT2D eigenvalue weighted by molar-refractivity contribution is 7.99. The van der Waals surface area contributed by atoms with Gasteiger partial charge < -0.3 is 5.32 Å². The Morgan fingerprint density at radius 1 is 1.38 bits per heavy atom. The molecule has 0 aromatic carbocycles. The highest BCUT2D eigenvalue weighted by Gasteiger charge is 2.13. The zero-order chi connectivity index (χ0) is 11.1. The fourth-order valence-corrected chi connectivity index (χ4v) is 2.85. The van der Waals surface area contributed by atoms with E-state index in [2.05, 4.69) is 15.3 Å². The van der Waals surface area contributed by atoms with E-state index in [0.717, 1.165) is 23.2 Å². The second-order valence-electron chi connectivity index (χ2n) is 4.25. The number of nitrogens with one attached hydrogen (secondary N) is 1. The Labute approximate surface area is 101 Å². The van der Waals surface area contributed by atoms with E-state index in [4.69, 9.17) is 0 Å². The Morgan fingerprint density at radius 3 is 3.00 bits per heavy atom. The SMILES string of the molecule is c1cc(SCCNCC2CCCC2)ncn1. The third kappa shape index (κ3) is 4.10. The summed E-state index contributed by atoms with van der Waals surface area (Å²) >= 11 is 1.79. The molecule has 0 spiro atoms. The van der Waals surface area contributed by atoms with E-state index < -0.39 is 0 Å². The van der Waals surface area contributed by atoms with Crippen LogP contribution >= 0.6 is 11.8 Å². The molecule has 0 saturated heterocycles. The molecule has 0 unspecified atom stereocenters. The molecule has 0 amide bonds. The minimum absolute atomic E-state index is 0.934. The zero-order valence-corrected chi connectivity index (χ0v) is 10.4. The second-order valence-corrected chi connectivity index (χ2v) is 5.37. The first-order valence-corrected chi connectivity index (χ1v) is 7.03. The lowest BCUT2D eigenvalue weighted by atomic mass is 10.1. The molecule has 1 aliphatic rings. The second kappa shape index (κ2) is 6.86. The van der Waals surface area contributed by atoms with Crippen LogP contribution in [0.1, 0.15) is 25.7 Å². The number of nitrogens with zero attached hydrogens (tertiary/aromatic N) is 2. The van der Waals surface area contributed by atoms with Crippen LogP contribution < -0.4 is 5.32 Å². The number of aromatic nitrogens is 2. The standard InChI is InChI=1S/C12H19N3S/c1-2-4-11(3-1)9-13-7-8-16-12-5-6-14-10-15-12/h5-6,10-11,13H,1-4,7-9H2. The van der Waals surface area contributed by atoms with Gasteiger partial charge in [-0.05, 0) is 31.4 Å². The highest BCUT2D eigenvalue weighted by Crippen LogP contribution is 2.23. The van der Waals surface area contributed by atoms with Crippen molar-refractivity contribution in [3.63, 3.8) is 0 Å². The average Bonchev–Trinajstić information content (AvgIpc) is 2.83. The van der Waals surface area contributed by atoms with Gasteiger partial charge in [-0.15, -0.1) is 11.8 Å². The van der Waals surface area contributed by atoms with Crippen molar-refractivity contribution in [2.24, 2.45) is 5.92 Å². The molecule has 0 radical (unpaired) electrons. The van der Waals surface area contributed by atoms with Gasteiger partial charge in [0, 0.05) is 18.5 Å². The van der Waals surface area contributed by atoms with E-state index in [-0.39, 0.29) is 0 Å². The van der Waals surface area contributed by atoms with E-state index in [1.165, 1.54) is 32.2 Å². The Balaban J connectivity index is 1.52. The number of hydrogen-bond acceptors (Lipinski definition) is 4. The van der Waals surface area contributed by atoms with Crippen molar-refractivity contribution in [1.82, 2.24) is 15.3 Å². The predicted octanol–water partition coefficient (Wildman–Crippen LogP) is 2.35. The summed E-state index contributed by atoms with van der Waals surface area (Å²) in [5, 5.41) is 4.60. The number of thioether (sulfide) groups is 1. The van der Waals surface area contributed by atoms with E-state index in [1.54, 1.807) is 24.3 Å². The van der Waals surface area contributed by atoms with Gasteiger partial charge in [0.1, 0.15) is 6.33 Å². The van der Waals surface area contributed by atoms with Gasteiger partial charge in [0.25, 0.3) is 0 Å². The molecule has 0 atom stereocenters. The minimum atomic E-state index is 0.934. The van der Waals surface area contributed by atoms with Gasteiger partial charge in [-0.3, -0.25) is 0 Å². The number of hydrogen-bond donors (Lipinski definition) is 1. The molecule has 1 N–H and O–H groups in total. The van der Waals surface area contributed by atoms with Crippen LogP contribution in [0, 0.1) is 5.92 Å². The van der Waals surface area contributed by atoms with Crippen LogP contribution in [0.25, 0.3) is 0 Å². The molecule has 1 heterocycles. The van der Waals surface area contributed by atoms with E-state index in [9.17, 15) is 0 Å². The topological polar surface area (TPSA) is 37.8 Å². The summed E-state index contributed by atoms with van der Waals surface area (Å²) in [5.74, 6) is 2.02. The molecule has 1 fully saturated rings. The molecule has 0 bridgehead atoms. The van der Waals surface area contributed by atoms with Crippen molar-refractivity contribution in [3.05, 3.63) is 18.6 Å². The quantitative estimate of drug-likeness (QED) is 0.468. The monoisotopic (exact) mass is 237 g/mol. The maximum Gasteiger partial charge on any atom is 0.116 e. The highest BCUT2D eigenvalue weighted by atomic mass is 32.2. The lowest BCUT2D eigenvalue weighted by Gasteiger charge is -2.09. The smallest absolute Gasteiger partial charge is 0.116 e. The van der Waals surface area contributed by atoms with Crippen LogP contribution in [0.15, 0.2) is 23.6 Å². The summed E-state index contributed by atoms with van der Waals surface area (Å²) in [4.78, 5) is 8.08. The molecule has 1 aromatic rings. The summed E-state index contributed by atoms with van der Waals surface area (Å²) in [5.41, 5.74) is 0. The van der Waals surface area contributed by atoms with Gasteiger partial charge in [0.05, 0.1) is 5.03 Å². The van der Waals surface area contributed by atoms with Crippen LogP contribution in [0.3, 0.4) is 0 Å². The van der Waals surface area contributed by atoms with Gasteiger partial charge in [0.15, 0.2) is 0 Å². The predicted molar refractivity (Wildman–Crippen MR) is 67.6 cm³/mol. The third-order valence-corrected chi connectivity index (χ3v) is 3.94. The molecule has 2 rings (SSSR count). The Kier molecular flexibility index (Phi) is 5.09.